The van der Waals surface area contributed by atoms with Crippen molar-refractivity contribution in [3.05, 3.63) is 71.0 Å². The molecule has 0 aliphatic carbocycles. The molecule has 0 radical (unpaired) electrons. The molecule has 2 N–H and O–H groups in total. The maximum Gasteiger partial charge on any atom is 0.223 e. The number of nitrogens with zero attached hydrogens (tertiary/aromatic N) is 2. The number of nitrogens with one attached hydrogen (secondary N) is 2. The third-order valence-corrected chi connectivity index (χ3v) is 5.00. The van der Waals surface area contributed by atoms with Gasteiger partial charge in [0.15, 0.2) is 5.96 Å². The van der Waals surface area contributed by atoms with Crippen molar-refractivity contribution in [2.24, 2.45) is 4.99 Å². The molecule has 0 spiro atoms. The van der Waals surface area contributed by atoms with Crippen LogP contribution in [0.2, 0.25) is 0 Å². The number of guanidine groups is 1. The zero-order chi connectivity index (χ0) is 20.5. The van der Waals surface area contributed by atoms with E-state index >= 15 is 0 Å². The van der Waals surface area contributed by atoms with E-state index in [1.54, 1.807) is 12.1 Å². The van der Waals surface area contributed by atoms with Crippen LogP contribution >= 0.6 is 24.0 Å². The fourth-order valence-corrected chi connectivity index (χ4v) is 3.45. The summed E-state index contributed by atoms with van der Waals surface area (Å²) in [6, 6.07) is 15.0. The molecule has 162 valence electrons. The van der Waals surface area contributed by atoms with Crippen LogP contribution in [0.25, 0.3) is 0 Å². The summed E-state index contributed by atoms with van der Waals surface area (Å²) >= 11 is 0. The van der Waals surface area contributed by atoms with Crippen LogP contribution in [-0.2, 0) is 24.3 Å². The molecule has 7 heteroatoms. The number of amides is 1. The molecule has 0 saturated carbocycles. The van der Waals surface area contributed by atoms with Gasteiger partial charge in [0.2, 0.25) is 5.91 Å². The molecule has 1 aliphatic rings. The van der Waals surface area contributed by atoms with Crippen LogP contribution in [0.5, 0.6) is 0 Å². The van der Waals surface area contributed by atoms with E-state index in [2.05, 4.69) is 27.8 Å². The molecule has 0 saturated heterocycles. The van der Waals surface area contributed by atoms with Gasteiger partial charge in [-0.3, -0.25) is 9.79 Å². The maximum atomic E-state index is 13.7. The number of hydrogen-bond acceptors (Lipinski definition) is 2. The Morgan fingerprint density at radius 2 is 1.73 bits per heavy atom. The summed E-state index contributed by atoms with van der Waals surface area (Å²) < 4.78 is 13.7. The Morgan fingerprint density at radius 1 is 1.07 bits per heavy atom. The number of rotatable bonds is 8. The Hall–Kier alpha value is -2.16. The van der Waals surface area contributed by atoms with Crippen LogP contribution in [0.1, 0.15) is 36.5 Å². The second-order valence-electron chi connectivity index (χ2n) is 7.15. The first-order valence-electron chi connectivity index (χ1n) is 10.3. The lowest BCUT2D eigenvalue weighted by Gasteiger charge is -2.15. The van der Waals surface area contributed by atoms with Crippen LogP contribution in [-0.4, -0.2) is 36.4 Å². The number of aliphatic imine (C=N–C) groups is 1. The summed E-state index contributed by atoms with van der Waals surface area (Å²) in [4.78, 5) is 18.9. The summed E-state index contributed by atoms with van der Waals surface area (Å²) in [5, 5.41) is 6.42. The second kappa shape index (κ2) is 12.5. The molecule has 5 nitrogen and oxygen atoms in total. The topological polar surface area (TPSA) is 56.7 Å². The first-order chi connectivity index (χ1) is 14.2. The minimum Gasteiger partial charge on any atom is -0.357 e. The molecule has 1 amide bonds. The lowest BCUT2D eigenvalue weighted by molar-refractivity contribution is -0.131. The van der Waals surface area contributed by atoms with Gasteiger partial charge in [0.1, 0.15) is 5.82 Å². The highest BCUT2D eigenvalue weighted by molar-refractivity contribution is 14.0. The van der Waals surface area contributed by atoms with E-state index in [4.69, 9.17) is 0 Å². The number of hydrogen-bond donors (Lipinski definition) is 2. The molecule has 0 aromatic heterocycles. The monoisotopic (exact) mass is 524 g/mol. The van der Waals surface area contributed by atoms with Gasteiger partial charge < -0.3 is 15.5 Å². The lowest BCUT2D eigenvalue weighted by atomic mass is 10.1. The van der Waals surface area contributed by atoms with E-state index in [0.29, 0.717) is 57.0 Å². The van der Waals surface area contributed by atoms with Gasteiger partial charge in [-0.15, -0.1) is 24.0 Å². The van der Waals surface area contributed by atoms with E-state index in [1.807, 2.05) is 30.0 Å². The van der Waals surface area contributed by atoms with Gasteiger partial charge in [0.05, 0.1) is 0 Å². The van der Waals surface area contributed by atoms with Crippen LogP contribution < -0.4 is 10.6 Å². The summed E-state index contributed by atoms with van der Waals surface area (Å²) in [5.41, 5.74) is 3.17. The van der Waals surface area contributed by atoms with E-state index in [1.165, 1.54) is 17.2 Å². The van der Waals surface area contributed by atoms with Gasteiger partial charge >= 0.3 is 0 Å². The highest BCUT2D eigenvalue weighted by Crippen LogP contribution is 2.22. The Balaban J connectivity index is 0.00000320. The molecule has 0 fully saturated rings. The van der Waals surface area contributed by atoms with Crippen molar-refractivity contribution in [3.63, 3.8) is 0 Å². The third-order valence-electron chi connectivity index (χ3n) is 5.00. The van der Waals surface area contributed by atoms with Gasteiger partial charge in [-0.05, 0) is 42.5 Å². The average Bonchev–Trinajstić information content (AvgIpc) is 3.17. The van der Waals surface area contributed by atoms with Gasteiger partial charge in [-0.25, -0.2) is 4.39 Å². The Kier molecular flexibility index (Phi) is 10.1. The summed E-state index contributed by atoms with van der Waals surface area (Å²) in [5.74, 6) is 0.692. The van der Waals surface area contributed by atoms with Crippen molar-refractivity contribution < 1.29 is 9.18 Å². The van der Waals surface area contributed by atoms with Crippen molar-refractivity contribution in [2.75, 3.05) is 19.6 Å². The van der Waals surface area contributed by atoms with Crippen LogP contribution in [0.4, 0.5) is 4.39 Å². The van der Waals surface area contributed by atoms with Crippen molar-refractivity contribution in [3.8, 4) is 0 Å². The van der Waals surface area contributed by atoms with E-state index in [0.717, 1.165) is 6.54 Å². The molecule has 0 atom stereocenters. The predicted octanol–water partition coefficient (Wildman–Crippen LogP) is 3.86. The molecule has 2 aromatic rings. The fraction of sp³-hybridized carbons (Fsp3) is 0.391. The van der Waals surface area contributed by atoms with Crippen molar-refractivity contribution in [1.82, 2.24) is 15.5 Å². The number of fused-ring (bicyclic) bond motifs is 1. The van der Waals surface area contributed by atoms with Gasteiger partial charge in [-0.1, -0.05) is 42.5 Å². The highest BCUT2D eigenvalue weighted by atomic mass is 127. The van der Waals surface area contributed by atoms with Crippen LogP contribution in [0, 0.1) is 5.82 Å². The van der Waals surface area contributed by atoms with E-state index in [9.17, 15) is 9.18 Å². The highest BCUT2D eigenvalue weighted by Gasteiger charge is 2.22. The molecular weight excluding hydrogens is 494 g/mol. The normalized spacial score (nSPS) is 12.9. The van der Waals surface area contributed by atoms with Gasteiger partial charge in [-0.2, -0.15) is 0 Å². The number of benzene rings is 2. The largest absolute Gasteiger partial charge is 0.357 e. The second-order valence-corrected chi connectivity index (χ2v) is 7.15. The lowest BCUT2D eigenvalue weighted by Crippen LogP contribution is -2.38. The maximum absolute atomic E-state index is 13.7. The number of carbonyl (C=O) groups is 1. The summed E-state index contributed by atoms with van der Waals surface area (Å²) in [6.07, 6.45) is 1.78. The zero-order valence-corrected chi connectivity index (χ0v) is 19.7. The molecule has 30 heavy (non-hydrogen) atoms. The number of halogens is 2. The number of carbonyl (C=O) groups excluding carboxylic acids is 1. The Labute approximate surface area is 195 Å². The molecule has 0 bridgehead atoms. The molecule has 1 heterocycles. The SMILES string of the molecule is CCNC(=NCCCC(=O)N1Cc2ccccc2C1)NCCc1ccccc1F.I. The van der Waals surface area contributed by atoms with Crippen molar-refractivity contribution in [1.29, 1.82) is 0 Å². The summed E-state index contributed by atoms with van der Waals surface area (Å²) in [6.45, 7) is 5.33. The van der Waals surface area contributed by atoms with Crippen molar-refractivity contribution in [2.45, 2.75) is 39.3 Å². The first kappa shape index (κ1) is 24.1. The predicted molar refractivity (Wildman–Crippen MR) is 129 cm³/mol. The molecular formula is C23H30FIN4O. The minimum atomic E-state index is -0.182. The van der Waals surface area contributed by atoms with Gasteiger partial charge in [0.25, 0.3) is 0 Å². The molecule has 2 aromatic carbocycles. The Morgan fingerprint density at radius 3 is 2.40 bits per heavy atom. The fourth-order valence-electron chi connectivity index (χ4n) is 3.45. The minimum absolute atomic E-state index is 0. The van der Waals surface area contributed by atoms with Crippen LogP contribution in [0.3, 0.4) is 0 Å². The smallest absolute Gasteiger partial charge is 0.223 e. The molecule has 1 aliphatic heterocycles. The zero-order valence-electron chi connectivity index (χ0n) is 17.4. The Bertz CT molecular complexity index is 834. The van der Waals surface area contributed by atoms with Gasteiger partial charge in [0, 0.05) is 39.1 Å². The van der Waals surface area contributed by atoms with E-state index in [-0.39, 0.29) is 35.7 Å². The first-order valence-corrected chi connectivity index (χ1v) is 10.3. The molecule has 0 unspecified atom stereocenters. The third kappa shape index (κ3) is 6.97. The summed E-state index contributed by atoms with van der Waals surface area (Å²) in [7, 11) is 0. The average molecular weight is 524 g/mol. The molecule has 3 rings (SSSR count). The quantitative estimate of drug-likeness (QED) is 0.239. The van der Waals surface area contributed by atoms with Crippen LogP contribution in [0.15, 0.2) is 53.5 Å². The van der Waals surface area contributed by atoms with E-state index < -0.39 is 0 Å². The standard InChI is InChI=1S/C23H29FN4O.HI/c1-2-25-23(27-15-13-18-8-5-6-11-21(18)24)26-14-7-12-22(29)28-16-19-9-3-4-10-20(19)17-28;/h3-6,8-11H,2,7,12-17H2,1H3,(H2,25,26,27);1H. The van der Waals surface area contributed by atoms with Crippen molar-refractivity contribution >= 4 is 35.8 Å².